The van der Waals surface area contributed by atoms with Crippen molar-refractivity contribution >= 4 is 34.3 Å². The van der Waals surface area contributed by atoms with E-state index in [4.69, 9.17) is 11.6 Å². The Kier molecular flexibility index (Phi) is 3.82. The van der Waals surface area contributed by atoms with Gasteiger partial charge in [-0.1, -0.05) is 18.5 Å². The number of pyridine rings is 1. The van der Waals surface area contributed by atoms with E-state index in [1.54, 1.807) is 18.2 Å². The van der Waals surface area contributed by atoms with Gasteiger partial charge in [-0.2, -0.15) is 5.26 Å². The molecule has 2 aromatic heterocycles. The zero-order chi connectivity index (χ0) is 14.8. The Labute approximate surface area is 131 Å². The molecule has 1 aromatic carbocycles. The van der Waals surface area contributed by atoms with Gasteiger partial charge in [-0.05, 0) is 42.4 Å². The normalized spacial score (nSPS) is 10.7. The molecule has 21 heavy (non-hydrogen) atoms. The molecule has 4 nitrogen and oxygen atoms in total. The quantitative estimate of drug-likeness (QED) is 0.787. The molecule has 1 N–H and O–H groups in total. The number of imidazole rings is 1. The summed E-state index contributed by atoms with van der Waals surface area (Å²) in [5.41, 5.74) is 2.39. The summed E-state index contributed by atoms with van der Waals surface area (Å²) in [6, 6.07) is 9.32. The summed E-state index contributed by atoms with van der Waals surface area (Å²) in [5.74, 6) is 0. The summed E-state index contributed by atoms with van der Waals surface area (Å²) in [7, 11) is 0. The fraction of sp³-hybridized carbons (Fsp3) is 0.133. The van der Waals surface area contributed by atoms with E-state index in [9.17, 15) is 5.26 Å². The highest BCUT2D eigenvalue weighted by Crippen LogP contribution is 2.29. The van der Waals surface area contributed by atoms with Crippen molar-refractivity contribution in [3.63, 3.8) is 0 Å². The van der Waals surface area contributed by atoms with Crippen molar-refractivity contribution in [2.45, 2.75) is 23.5 Å². The monoisotopic (exact) mass is 314 g/mol. The SMILES string of the molecule is CCc1cnc(Sc2cc(C#N)c3cc(Cl)ccc3n2)[nH]1. The van der Waals surface area contributed by atoms with Crippen LogP contribution >= 0.6 is 23.4 Å². The summed E-state index contributed by atoms with van der Waals surface area (Å²) < 4.78 is 0. The zero-order valence-corrected chi connectivity index (χ0v) is 12.8. The van der Waals surface area contributed by atoms with Crippen molar-refractivity contribution in [2.75, 3.05) is 0 Å². The molecule has 0 radical (unpaired) electrons. The number of hydrogen-bond acceptors (Lipinski definition) is 4. The molecule has 2 heterocycles. The second-order valence-corrected chi connectivity index (χ2v) is 5.90. The van der Waals surface area contributed by atoms with Gasteiger partial charge in [0.15, 0.2) is 5.16 Å². The number of aromatic nitrogens is 3. The van der Waals surface area contributed by atoms with Crippen LogP contribution in [0.2, 0.25) is 5.02 Å². The van der Waals surface area contributed by atoms with E-state index < -0.39 is 0 Å². The van der Waals surface area contributed by atoms with Gasteiger partial charge in [0.2, 0.25) is 0 Å². The van der Waals surface area contributed by atoms with E-state index in [2.05, 4.69) is 27.9 Å². The number of nitrogens with zero attached hydrogens (tertiary/aromatic N) is 3. The number of rotatable bonds is 3. The smallest absolute Gasteiger partial charge is 0.171 e. The largest absolute Gasteiger partial charge is 0.337 e. The lowest BCUT2D eigenvalue weighted by Gasteiger charge is -2.04. The number of aromatic amines is 1. The number of halogens is 1. The second-order valence-electron chi connectivity index (χ2n) is 4.45. The lowest BCUT2D eigenvalue weighted by atomic mass is 10.1. The van der Waals surface area contributed by atoms with Gasteiger partial charge < -0.3 is 4.98 Å². The highest BCUT2D eigenvalue weighted by molar-refractivity contribution is 7.99. The minimum absolute atomic E-state index is 0.562. The number of fused-ring (bicyclic) bond motifs is 1. The Morgan fingerprint density at radius 2 is 2.24 bits per heavy atom. The van der Waals surface area contributed by atoms with Gasteiger partial charge >= 0.3 is 0 Å². The van der Waals surface area contributed by atoms with E-state index in [0.717, 1.165) is 33.2 Å². The van der Waals surface area contributed by atoms with Crippen molar-refractivity contribution in [3.05, 3.63) is 46.7 Å². The molecule has 3 aromatic rings. The molecule has 0 aliphatic carbocycles. The maximum Gasteiger partial charge on any atom is 0.171 e. The first-order valence-electron chi connectivity index (χ1n) is 6.41. The summed E-state index contributed by atoms with van der Waals surface area (Å²) in [4.78, 5) is 12.1. The first kappa shape index (κ1) is 13.9. The molecule has 104 valence electrons. The molecule has 0 spiro atoms. The van der Waals surface area contributed by atoms with Crippen LogP contribution in [0.5, 0.6) is 0 Å². The highest BCUT2D eigenvalue weighted by Gasteiger charge is 2.09. The van der Waals surface area contributed by atoms with Gasteiger partial charge in [0.25, 0.3) is 0 Å². The number of nitrogens with one attached hydrogen (secondary N) is 1. The number of hydrogen-bond donors (Lipinski definition) is 1. The predicted molar refractivity (Wildman–Crippen MR) is 83.6 cm³/mol. The predicted octanol–water partition coefficient (Wildman–Crippen LogP) is 4.20. The molecule has 6 heteroatoms. The second kappa shape index (κ2) is 5.76. The third kappa shape index (κ3) is 2.87. The van der Waals surface area contributed by atoms with Crippen LogP contribution in [0.15, 0.2) is 40.6 Å². The minimum Gasteiger partial charge on any atom is -0.337 e. The highest BCUT2D eigenvalue weighted by atomic mass is 35.5. The first-order chi connectivity index (χ1) is 10.2. The standard InChI is InChI=1S/C15H11ClN4S/c1-2-11-8-18-15(19-11)21-14-5-9(7-17)12-6-10(16)3-4-13(12)20-14/h3-6,8H,2H2,1H3,(H,18,19). The van der Waals surface area contributed by atoms with E-state index in [-0.39, 0.29) is 0 Å². The molecule has 0 saturated carbocycles. The summed E-state index contributed by atoms with van der Waals surface area (Å²) in [6.45, 7) is 2.06. The Morgan fingerprint density at radius 3 is 2.95 bits per heavy atom. The third-order valence-electron chi connectivity index (χ3n) is 3.05. The average Bonchev–Trinajstić information content (AvgIpc) is 2.94. The number of aryl methyl sites for hydroxylation is 1. The van der Waals surface area contributed by atoms with Crippen LogP contribution < -0.4 is 0 Å². The molecular formula is C15H11ClN4S. The summed E-state index contributed by atoms with van der Waals surface area (Å²) >= 11 is 7.39. The lowest BCUT2D eigenvalue weighted by Crippen LogP contribution is -1.88. The van der Waals surface area contributed by atoms with E-state index in [1.807, 2.05) is 12.3 Å². The molecular weight excluding hydrogens is 304 g/mol. The van der Waals surface area contributed by atoms with Crippen molar-refractivity contribution in [1.29, 1.82) is 5.26 Å². The molecule has 0 aliphatic heterocycles. The zero-order valence-electron chi connectivity index (χ0n) is 11.2. The summed E-state index contributed by atoms with van der Waals surface area (Å²) in [6.07, 6.45) is 2.72. The molecule has 0 atom stereocenters. The summed E-state index contributed by atoms with van der Waals surface area (Å²) in [5, 5.41) is 12.2. The van der Waals surface area contributed by atoms with Gasteiger partial charge in [-0.25, -0.2) is 9.97 Å². The Bertz CT molecular complexity index is 850. The van der Waals surface area contributed by atoms with Crippen LogP contribution in [-0.4, -0.2) is 15.0 Å². The number of nitriles is 1. The molecule has 0 amide bonds. The fourth-order valence-electron chi connectivity index (χ4n) is 1.99. The maximum absolute atomic E-state index is 9.31. The third-order valence-corrected chi connectivity index (χ3v) is 4.11. The number of benzene rings is 1. The Hall–Kier alpha value is -2.03. The van der Waals surface area contributed by atoms with Crippen LogP contribution in [0, 0.1) is 11.3 Å². The Balaban J connectivity index is 2.03. The van der Waals surface area contributed by atoms with Crippen LogP contribution in [0.3, 0.4) is 0 Å². The minimum atomic E-state index is 0.562. The molecule has 0 fully saturated rings. The van der Waals surface area contributed by atoms with E-state index in [1.165, 1.54) is 11.8 Å². The van der Waals surface area contributed by atoms with Crippen molar-refractivity contribution in [2.24, 2.45) is 0 Å². The van der Waals surface area contributed by atoms with Crippen LogP contribution in [0.4, 0.5) is 0 Å². The van der Waals surface area contributed by atoms with Crippen LogP contribution in [0.1, 0.15) is 18.2 Å². The molecule has 3 rings (SSSR count). The maximum atomic E-state index is 9.31. The van der Waals surface area contributed by atoms with E-state index in [0.29, 0.717) is 10.6 Å². The lowest BCUT2D eigenvalue weighted by molar-refractivity contribution is 0.989. The van der Waals surface area contributed by atoms with Crippen molar-refractivity contribution in [3.8, 4) is 6.07 Å². The van der Waals surface area contributed by atoms with Gasteiger partial charge in [-0.15, -0.1) is 0 Å². The first-order valence-corrected chi connectivity index (χ1v) is 7.61. The average molecular weight is 315 g/mol. The van der Waals surface area contributed by atoms with Crippen molar-refractivity contribution < 1.29 is 0 Å². The number of H-pyrrole nitrogens is 1. The van der Waals surface area contributed by atoms with Gasteiger partial charge in [0.05, 0.1) is 17.1 Å². The molecule has 0 aliphatic rings. The molecule has 0 bridgehead atoms. The van der Waals surface area contributed by atoms with Crippen LogP contribution in [0.25, 0.3) is 10.9 Å². The van der Waals surface area contributed by atoms with E-state index >= 15 is 0 Å². The van der Waals surface area contributed by atoms with Gasteiger partial charge in [0, 0.05) is 22.3 Å². The van der Waals surface area contributed by atoms with Crippen LogP contribution in [-0.2, 0) is 6.42 Å². The topological polar surface area (TPSA) is 65.4 Å². The Morgan fingerprint density at radius 1 is 1.38 bits per heavy atom. The fourth-order valence-corrected chi connectivity index (χ4v) is 2.97. The molecule has 0 unspecified atom stereocenters. The van der Waals surface area contributed by atoms with Gasteiger partial charge in [-0.3, -0.25) is 0 Å². The molecule has 0 saturated heterocycles. The van der Waals surface area contributed by atoms with Crippen molar-refractivity contribution in [1.82, 2.24) is 15.0 Å². The van der Waals surface area contributed by atoms with Gasteiger partial charge in [0.1, 0.15) is 5.03 Å².